The summed E-state index contributed by atoms with van der Waals surface area (Å²) in [6.07, 6.45) is 0. The molecule has 5 heteroatoms. The van der Waals surface area contributed by atoms with Crippen LogP contribution in [-0.4, -0.2) is 15.0 Å². The lowest BCUT2D eigenvalue weighted by Crippen LogP contribution is -2.01. The summed E-state index contributed by atoms with van der Waals surface area (Å²) in [5.74, 6) is 1.84. The van der Waals surface area contributed by atoms with Crippen LogP contribution >= 0.6 is 0 Å². The van der Waals surface area contributed by atoms with Crippen molar-refractivity contribution in [1.29, 1.82) is 0 Å². The van der Waals surface area contributed by atoms with Gasteiger partial charge in [-0.3, -0.25) is 4.79 Å². The summed E-state index contributed by atoms with van der Waals surface area (Å²) in [6.45, 7) is 0. The zero-order valence-corrected chi connectivity index (χ0v) is 24.1. The molecule has 8 rings (SSSR count). The van der Waals surface area contributed by atoms with Crippen molar-refractivity contribution >= 4 is 21.9 Å². The third-order valence-electron chi connectivity index (χ3n) is 7.95. The molecule has 0 atom stereocenters. The molecule has 0 amide bonds. The van der Waals surface area contributed by atoms with E-state index in [0.29, 0.717) is 39.4 Å². The minimum Gasteiger partial charge on any atom is -0.456 e. The average Bonchev–Trinajstić information content (AvgIpc) is 3.12. The van der Waals surface area contributed by atoms with Gasteiger partial charge in [0.1, 0.15) is 11.2 Å². The molecule has 8 aromatic rings. The largest absolute Gasteiger partial charge is 0.456 e. The topological polar surface area (TPSA) is 68.9 Å². The fourth-order valence-electron chi connectivity index (χ4n) is 5.72. The van der Waals surface area contributed by atoms with E-state index in [1.165, 1.54) is 0 Å². The Bertz CT molecular complexity index is 2340. The van der Waals surface area contributed by atoms with Gasteiger partial charge in [0, 0.05) is 16.7 Å². The highest BCUT2D eigenvalue weighted by Gasteiger charge is 2.15. The van der Waals surface area contributed by atoms with E-state index >= 15 is 0 Å². The molecule has 2 aromatic heterocycles. The molecule has 5 nitrogen and oxygen atoms in total. The molecule has 0 radical (unpaired) electrons. The molecule has 0 aliphatic carbocycles. The first kappa shape index (κ1) is 26.4. The van der Waals surface area contributed by atoms with E-state index in [1.807, 2.05) is 121 Å². The van der Waals surface area contributed by atoms with Gasteiger partial charge in [0.2, 0.25) is 5.43 Å². The number of nitrogens with zero attached hydrogens (tertiary/aromatic N) is 3. The van der Waals surface area contributed by atoms with Crippen LogP contribution in [0.4, 0.5) is 0 Å². The van der Waals surface area contributed by atoms with Crippen molar-refractivity contribution in [3.8, 4) is 56.4 Å². The number of rotatable bonds is 5. The number of hydrogen-bond donors (Lipinski definition) is 0. The molecule has 0 aliphatic heterocycles. The quantitative estimate of drug-likeness (QED) is 0.190. The summed E-state index contributed by atoms with van der Waals surface area (Å²) < 4.78 is 6.18. The Morgan fingerprint density at radius 3 is 1.53 bits per heavy atom. The minimum atomic E-state index is -0.0264. The maximum Gasteiger partial charge on any atom is 0.200 e. The van der Waals surface area contributed by atoms with Gasteiger partial charge in [-0.1, -0.05) is 121 Å². The molecule has 0 saturated heterocycles. The summed E-state index contributed by atoms with van der Waals surface area (Å²) >= 11 is 0. The second-order valence-corrected chi connectivity index (χ2v) is 10.8. The summed E-state index contributed by atoms with van der Waals surface area (Å²) in [6, 6.07) is 49.6. The second kappa shape index (κ2) is 11.1. The fraction of sp³-hybridized carbons (Fsp3) is 0. The minimum absolute atomic E-state index is 0.0264. The normalized spacial score (nSPS) is 11.2. The molecular weight excluding hydrogens is 554 g/mol. The first-order valence-electron chi connectivity index (χ1n) is 14.7. The summed E-state index contributed by atoms with van der Waals surface area (Å²) in [7, 11) is 0. The SMILES string of the molecule is O=c1c2ccccc2oc2cc(-c3ccccc3-c3cccc(-c4nc(-c5ccccc5)nc(-c5ccccc5)n4)c3)ccc12. The monoisotopic (exact) mass is 579 g/mol. The molecule has 0 spiro atoms. The van der Waals surface area contributed by atoms with Crippen LogP contribution in [0.25, 0.3) is 78.4 Å². The van der Waals surface area contributed by atoms with Gasteiger partial charge in [-0.15, -0.1) is 0 Å². The molecule has 0 N–H and O–H groups in total. The van der Waals surface area contributed by atoms with Crippen LogP contribution in [-0.2, 0) is 0 Å². The van der Waals surface area contributed by atoms with Crippen molar-refractivity contribution in [1.82, 2.24) is 15.0 Å². The predicted molar refractivity (Wildman–Crippen MR) is 181 cm³/mol. The highest BCUT2D eigenvalue weighted by atomic mass is 16.3. The Labute approximate surface area is 259 Å². The Morgan fingerprint density at radius 1 is 0.378 bits per heavy atom. The first-order chi connectivity index (χ1) is 22.2. The maximum absolute atomic E-state index is 13.1. The van der Waals surface area contributed by atoms with Crippen molar-refractivity contribution in [2.45, 2.75) is 0 Å². The van der Waals surface area contributed by atoms with Gasteiger partial charge >= 0.3 is 0 Å². The first-order valence-corrected chi connectivity index (χ1v) is 14.7. The van der Waals surface area contributed by atoms with Gasteiger partial charge in [0.15, 0.2) is 17.5 Å². The van der Waals surface area contributed by atoms with Gasteiger partial charge in [-0.25, -0.2) is 15.0 Å². The van der Waals surface area contributed by atoms with Gasteiger partial charge in [-0.05, 0) is 52.6 Å². The number of para-hydroxylation sites is 1. The Kier molecular flexibility index (Phi) is 6.54. The summed E-state index contributed by atoms with van der Waals surface area (Å²) in [5.41, 5.74) is 7.90. The van der Waals surface area contributed by atoms with Gasteiger partial charge < -0.3 is 4.42 Å². The van der Waals surface area contributed by atoms with Crippen LogP contribution < -0.4 is 5.43 Å². The van der Waals surface area contributed by atoms with Crippen LogP contribution in [0, 0.1) is 0 Å². The molecule has 0 fully saturated rings. The highest BCUT2D eigenvalue weighted by Crippen LogP contribution is 2.35. The summed E-state index contributed by atoms with van der Waals surface area (Å²) in [5, 5.41) is 1.15. The molecule has 2 heterocycles. The van der Waals surface area contributed by atoms with Crippen LogP contribution in [0.3, 0.4) is 0 Å². The number of hydrogen-bond acceptors (Lipinski definition) is 5. The van der Waals surface area contributed by atoms with E-state index in [1.54, 1.807) is 6.07 Å². The molecule has 6 aromatic carbocycles. The Morgan fingerprint density at radius 2 is 0.867 bits per heavy atom. The smallest absolute Gasteiger partial charge is 0.200 e. The molecule has 212 valence electrons. The molecule has 0 bridgehead atoms. The molecule has 45 heavy (non-hydrogen) atoms. The van der Waals surface area contributed by atoms with Gasteiger partial charge in [0.05, 0.1) is 10.8 Å². The molecule has 0 saturated carbocycles. The van der Waals surface area contributed by atoms with Crippen molar-refractivity contribution in [3.63, 3.8) is 0 Å². The van der Waals surface area contributed by atoms with Crippen molar-refractivity contribution in [2.24, 2.45) is 0 Å². The predicted octanol–water partition coefficient (Wildman–Crippen LogP) is 9.47. The van der Waals surface area contributed by atoms with Crippen LogP contribution in [0.5, 0.6) is 0 Å². The van der Waals surface area contributed by atoms with Gasteiger partial charge in [-0.2, -0.15) is 0 Å². The van der Waals surface area contributed by atoms with E-state index < -0.39 is 0 Å². The fourth-order valence-corrected chi connectivity index (χ4v) is 5.72. The zero-order valence-electron chi connectivity index (χ0n) is 24.1. The standard InChI is InChI=1S/C40H25N3O2/c44-37-33-20-9-10-21-35(33)45-36-25-29(22-23-34(36)37)32-19-8-7-18-31(32)28-16-11-17-30(24-28)40-42-38(26-12-3-1-4-13-26)41-39(43-40)27-14-5-2-6-15-27/h1-25H. The van der Waals surface area contributed by atoms with E-state index in [0.717, 1.165) is 38.9 Å². The van der Waals surface area contributed by atoms with Crippen molar-refractivity contribution in [3.05, 3.63) is 162 Å². The van der Waals surface area contributed by atoms with E-state index in [9.17, 15) is 4.79 Å². The van der Waals surface area contributed by atoms with Crippen LogP contribution in [0.1, 0.15) is 0 Å². The van der Waals surface area contributed by atoms with Crippen LogP contribution in [0.2, 0.25) is 0 Å². The molecular formula is C40H25N3O2. The second-order valence-electron chi connectivity index (χ2n) is 10.8. The molecule has 0 unspecified atom stereocenters. The zero-order chi connectivity index (χ0) is 30.2. The highest BCUT2D eigenvalue weighted by molar-refractivity contribution is 5.94. The van der Waals surface area contributed by atoms with Gasteiger partial charge in [0.25, 0.3) is 0 Å². The lowest BCUT2D eigenvalue weighted by Gasteiger charge is -2.13. The molecule has 0 aliphatic rings. The Hall–Kier alpha value is -6.20. The van der Waals surface area contributed by atoms with E-state index in [4.69, 9.17) is 19.4 Å². The number of benzene rings is 6. The lowest BCUT2D eigenvalue weighted by atomic mass is 9.93. The summed E-state index contributed by atoms with van der Waals surface area (Å²) in [4.78, 5) is 27.8. The van der Waals surface area contributed by atoms with Crippen LogP contribution in [0.15, 0.2) is 161 Å². The van der Waals surface area contributed by atoms with E-state index in [2.05, 4.69) is 24.3 Å². The third-order valence-corrected chi connectivity index (χ3v) is 7.95. The number of fused-ring (bicyclic) bond motifs is 2. The maximum atomic E-state index is 13.1. The third kappa shape index (κ3) is 4.96. The average molecular weight is 580 g/mol. The van der Waals surface area contributed by atoms with Crippen molar-refractivity contribution in [2.75, 3.05) is 0 Å². The Balaban J connectivity index is 1.25. The lowest BCUT2D eigenvalue weighted by molar-refractivity contribution is 0.660. The number of aromatic nitrogens is 3. The van der Waals surface area contributed by atoms with Crippen molar-refractivity contribution < 1.29 is 4.42 Å². The van der Waals surface area contributed by atoms with E-state index in [-0.39, 0.29) is 5.43 Å².